The van der Waals surface area contributed by atoms with E-state index in [4.69, 9.17) is 5.11 Å². The molecule has 0 aliphatic carbocycles. The van der Waals surface area contributed by atoms with Crippen LogP contribution in [0.25, 0.3) is 0 Å². The van der Waals surface area contributed by atoms with Crippen LogP contribution in [0.3, 0.4) is 0 Å². The Bertz CT molecular complexity index is 250. The summed E-state index contributed by atoms with van der Waals surface area (Å²) in [6.07, 6.45) is 10.8. The zero-order valence-electron chi connectivity index (χ0n) is 14.1. The van der Waals surface area contributed by atoms with Crippen molar-refractivity contribution in [1.29, 1.82) is 0 Å². The van der Waals surface area contributed by atoms with E-state index >= 15 is 0 Å². The van der Waals surface area contributed by atoms with Crippen molar-refractivity contribution in [1.82, 2.24) is 16.0 Å². The van der Waals surface area contributed by atoms with Crippen molar-refractivity contribution in [3.63, 3.8) is 0 Å². The molecule has 0 aliphatic rings. The number of unbranched alkanes of at least 4 members (excludes halogenated alkanes) is 7. The first-order chi connectivity index (χ1) is 10.1. The molecule has 21 heavy (non-hydrogen) atoms. The number of carboxylic acids is 1. The predicted octanol–water partition coefficient (Wildman–Crippen LogP) is 2.67. The summed E-state index contributed by atoms with van der Waals surface area (Å²) >= 11 is 0. The number of hydrogen-bond acceptors (Lipinski definition) is 4. The Labute approximate surface area is 130 Å². The molecule has 0 radical (unpaired) electrons. The van der Waals surface area contributed by atoms with E-state index in [1.54, 1.807) is 0 Å². The van der Waals surface area contributed by atoms with Gasteiger partial charge >= 0.3 is 5.97 Å². The third-order valence-electron chi connectivity index (χ3n) is 3.54. The molecule has 126 valence electrons. The van der Waals surface area contributed by atoms with E-state index in [0.717, 1.165) is 6.54 Å². The summed E-state index contributed by atoms with van der Waals surface area (Å²) in [5.74, 6) is -0.830. The van der Waals surface area contributed by atoms with Crippen LogP contribution in [0.4, 0.5) is 0 Å². The van der Waals surface area contributed by atoms with Crippen LogP contribution < -0.4 is 16.0 Å². The molecule has 0 aromatic carbocycles. The predicted molar refractivity (Wildman–Crippen MR) is 88.3 cm³/mol. The Morgan fingerprint density at radius 3 is 2.00 bits per heavy atom. The molecule has 5 nitrogen and oxygen atoms in total. The van der Waals surface area contributed by atoms with Gasteiger partial charge in [-0.05, 0) is 26.8 Å². The van der Waals surface area contributed by atoms with Gasteiger partial charge in [-0.25, -0.2) is 0 Å². The van der Waals surface area contributed by atoms with Gasteiger partial charge in [0.1, 0.15) is 0 Å². The van der Waals surface area contributed by atoms with E-state index in [0.29, 0.717) is 0 Å². The highest BCUT2D eigenvalue weighted by atomic mass is 16.4. The maximum absolute atomic E-state index is 10.4. The lowest BCUT2D eigenvalue weighted by atomic mass is 10.1. The van der Waals surface area contributed by atoms with Gasteiger partial charge in [0.2, 0.25) is 0 Å². The molecule has 2 atom stereocenters. The molecule has 0 spiro atoms. The second-order valence-corrected chi connectivity index (χ2v) is 5.81. The van der Waals surface area contributed by atoms with Crippen molar-refractivity contribution in [2.75, 3.05) is 13.1 Å². The van der Waals surface area contributed by atoms with Crippen molar-refractivity contribution >= 4 is 5.97 Å². The highest BCUT2D eigenvalue weighted by molar-refractivity contribution is 5.69. The molecule has 0 saturated carbocycles. The van der Waals surface area contributed by atoms with E-state index in [1.165, 1.54) is 51.4 Å². The third-order valence-corrected chi connectivity index (χ3v) is 3.54. The highest BCUT2D eigenvalue weighted by Gasteiger charge is 2.07. The topological polar surface area (TPSA) is 73.4 Å². The third kappa shape index (κ3) is 15.6. The van der Waals surface area contributed by atoms with Gasteiger partial charge in [0.25, 0.3) is 0 Å². The minimum Gasteiger partial charge on any atom is -0.480 e. The average Bonchev–Trinajstić information content (AvgIpc) is 2.43. The minimum atomic E-state index is -0.830. The molecule has 0 fully saturated rings. The number of aliphatic carboxylic acids is 1. The van der Waals surface area contributed by atoms with Crippen molar-refractivity contribution in [2.24, 2.45) is 0 Å². The molecule has 0 rings (SSSR count). The molecule has 4 N–H and O–H groups in total. The standard InChI is InChI=1S/C16H35N3O2/c1-4-5-6-7-8-9-10-11-12-17-14(2)19-15(3)18-13-16(20)21/h14-15,17-19H,4-13H2,1-3H3,(H,20,21). The summed E-state index contributed by atoms with van der Waals surface area (Å²) in [7, 11) is 0. The van der Waals surface area contributed by atoms with Crippen LogP contribution in [-0.2, 0) is 4.79 Å². The van der Waals surface area contributed by atoms with Gasteiger partial charge in [0, 0.05) is 0 Å². The monoisotopic (exact) mass is 301 g/mol. The first-order valence-corrected chi connectivity index (χ1v) is 8.50. The Morgan fingerprint density at radius 1 is 0.905 bits per heavy atom. The van der Waals surface area contributed by atoms with Crippen LogP contribution in [0, 0.1) is 0 Å². The molecule has 0 bridgehead atoms. The molecule has 0 aromatic heterocycles. The molecule has 0 heterocycles. The van der Waals surface area contributed by atoms with E-state index in [1.807, 2.05) is 6.92 Å². The number of hydrogen-bond donors (Lipinski definition) is 4. The molecular formula is C16H35N3O2. The van der Waals surface area contributed by atoms with Gasteiger partial charge in [0.05, 0.1) is 18.9 Å². The largest absolute Gasteiger partial charge is 0.480 e. The zero-order chi connectivity index (χ0) is 15.9. The van der Waals surface area contributed by atoms with Gasteiger partial charge in [-0.1, -0.05) is 51.9 Å². The van der Waals surface area contributed by atoms with Gasteiger partial charge in [0.15, 0.2) is 0 Å². The van der Waals surface area contributed by atoms with Crippen LogP contribution in [0.2, 0.25) is 0 Å². The fourth-order valence-corrected chi connectivity index (χ4v) is 2.31. The van der Waals surface area contributed by atoms with E-state index in [9.17, 15) is 4.79 Å². The first kappa shape index (κ1) is 20.3. The summed E-state index contributed by atoms with van der Waals surface area (Å²) in [5.41, 5.74) is 0. The summed E-state index contributed by atoms with van der Waals surface area (Å²) in [5, 5.41) is 18.2. The SMILES string of the molecule is CCCCCCCCCCNC(C)NC(C)NCC(=O)O. The van der Waals surface area contributed by atoms with Crippen molar-refractivity contribution < 1.29 is 9.90 Å². The van der Waals surface area contributed by atoms with Crippen LogP contribution in [-0.4, -0.2) is 36.5 Å². The minimum absolute atomic E-state index is 0.0119. The second-order valence-electron chi connectivity index (χ2n) is 5.81. The first-order valence-electron chi connectivity index (χ1n) is 8.50. The lowest BCUT2D eigenvalue weighted by Gasteiger charge is -2.21. The van der Waals surface area contributed by atoms with Crippen molar-refractivity contribution in [2.45, 2.75) is 84.5 Å². The molecule has 2 unspecified atom stereocenters. The number of rotatable bonds is 15. The Morgan fingerprint density at radius 2 is 1.43 bits per heavy atom. The molecule has 0 saturated heterocycles. The molecular weight excluding hydrogens is 266 g/mol. The van der Waals surface area contributed by atoms with E-state index in [2.05, 4.69) is 29.8 Å². The van der Waals surface area contributed by atoms with Crippen molar-refractivity contribution in [3.8, 4) is 0 Å². The molecule has 0 aromatic rings. The average molecular weight is 301 g/mol. The number of carbonyl (C=O) groups is 1. The quantitative estimate of drug-likeness (QED) is 0.276. The van der Waals surface area contributed by atoms with Crippen LogP contribution in [0.15, 0.2) is 0 Å². The molecule has 0 amide bonds. The Hall–Kier alpha value is -0.650. The second kappa shape index (κ2) is 14.3. The van der Waals surface area contributed by atoms with Gasteiger partial charge in [-0.2, -0.15) is 0 Å². The van der Waals surface area contributed by atoms with Crippen LogP contribution >= 0.6 is 0 Å². The van der Waals surface area contributed by atoms with Crippen molar-refractivity contribution in [3.05, 3.63) is 0 Å². The Kier molecular flexibility index (Phi) is 13.9. The fraction of sp³-hybridized carbons (Fsp3) is 0.938. The normalized spacial score (nSPS) is 14.0. The summed E-state index contributed by atoms with van der Waals surface area (Å²) < 4.78 is 0. The number of nitrogens with one attached hydrogen (secondary N) is 3. The van der Waals surface area contributed by atoms with E-state index in [-0.39, 0.29) is 18.9 Å². The maximum Gasteiger partial charge on any atom is 0.317 e. The molecule has 5 heteroatoms. The highest BCUT2D eigenvalue weighted by Crippen LogP contribution is 2.07. The maximum atomic E-state index is 10.4. The fourth-order valence-electron chi connectivity index (χ4n) is 2.31. The van der Waals surface area contributed by atoms with Crippen LogP contribution in [0.5, 0.6) is 0 Å². The van der Waals surface area contributed by atoms with Gasteiger partial charge in [-0.3, -0.25) is 15.4 Å². The zero-order valence-corrected chi connectivity index (χ0v) is 14.1. The summed E-state index contributed by atoms with van der Waals surface area (Å²) in [6.45, 7) is 7.23. The van der Waals surface area contributed by atoms with E-state index < -0.39 is 5.97 Å². The summed E-state index contributed by atoms with van der Waals surface area (Å²) in [6, 6.07) is 0. The Balaban J connectivity index is 3.33. The lowest BCUT2D eigenvalue weighted by molar-refractivity contribution is -0.136. The lowest BCUT2D eigenvalue weighted by Crippen LogP contribution is -2.51. The number of carboxylic acid groups (broad SMARTS) is 1. The van der Waals surface area contributed by atoms with Gasteiger partial charge in [-0.15, -0.1) is 0 Å². The summed E-state index contributed by atoms with van der Waals surface area (Å²) in [4.78, 5) is 10.4. The van der Waals surface area contributed by atoms with Gasteiger partial charge < -0.3 is 10.4 Å². The molecule has 0 aliphatic heterocycles. The van der Waals surface area contributed by atoms with Crippen LogP contribution in [0.1, 0.15) is 72.1 Å². The smallest absolute Gasteiger partial charge is 0.317 e.